The largest absolute Gasteiger partial charge is 0.487 e. The summed E-state index contributed by atoms with van der Waals surface area (Å²) in [7, 11) is 0. The molecule has 6 heteroatoms. The van der Waals surface area contributed by atoms with E-state index in [2.05, 4.69) is 11.6 Å². The van der Waals surface area contributed by atoms with Crippen LogP contribution in [-0.4, -0.2) is 17.6 Å². The molecule has 0 bridgehead atoms. The summed E-state index contributed by atoms with van der Waals surface area (Å²) in [5, 5.41) is 12.0. The van der Waals surface area contributed by atoms with E-state index in [4.69, 9.17) is 14.7 Å². The molecule has 0 atom stereocenters. The standard InChI is InChI=1S/C18H16N2O3S/c1-3-8-22-18(21)15(10-19)9-14-4-6-17(7-5-14)23-11-16-12-24-13(2)20-16/h3-7,9,12H,1,8,11H2,2H3/b15-9+. The van der Waals surface area contributed by atoms with Crippen LogP contribution in [0.4, 0.5) is 0 Å². The summed E-state index contributed by atoms with van der Waals surface area (Å²) in [5.74, 6) is 0.0159. The van der Waals surface area contributed by atoms with Gasteiger partial charge in [-0.3, -0.25) is 0 Å². The number of aromatic nitrogens is 1. The van der Waals surface area contributed by atoms with E-state index in [1.54, 1.807) is 35.6 Å². The summed E-state index contributed by atoms with van der Waals surface area (Å²) >= 11 is 1.58. The summed E-state index contributed by atoms with van der Waals surface area (Å²) < 4.78 is 10.5. The first kappa shape index (κ1) is 17.4. The number of nitrogens with zero attached hydrogens (tertiary/aromatic N) is 2. The van der Waals surface area contributed by atoms with Crippen molar-refractivity contribution in [2.45, 2.75) is 13.5 Å². The SMILES string of the molecule is C=CCOC(=O)/C(C#N)=C/c1ccc(OCc2csc(C)n2)cc1. The first-order valence-corrected chi connectivity index (χ1v) is 8.04. The minimum absolute atomic E-state index is 0.0662. The molecule has 0 N–H and O–H groups in total. The lowest BCUT2D eigenvalue weighted by atomic mass is 10.1. The van der Waals surface area contributed by atoms with E-state index in [0.717, 1.165) is 10.7 Å². The molecule has 1 heterocycles. The Hall–Kier alpha value is -2.91. The van der Waals surface area contributed by atoms with Gasteiger partial charge in [-0.15, -0.1) is 11.3 Å². The quantitative estimate of drug-likeness (QED) is 0.333. The average Bonchev–Trinajstić information content (AvgIpc) is 3.02. The fourth-order valence-electron chi connectivity index (χ4n) is 1.81. The normalized spacial score (nSPS) is 10.8. The molecule has 5 nitrogen and oxygen atoms in total. The zero-order valence-electron chi connectivity index (χ0n) is 13.2. The van der Waals surface area contributed by atoms with Crippen LogP contribution in [0.15, 0.2) is 47.9 Å². The van der Waals surface area contributed by atoms with Gasteiger partial charge < -0.3 is 9.47 Å². The summed E-state index contributed by atoms with van der Waals surface area (Å²) in [6, 6.07) is 8.91. The molecule has 0 aliphatic carbocycles. The van der Waals surface area contributed by atoms with Crippen LogP contribution in [0.25, 0.3) is 6.08 Å². The molecule has 0 fully saturated rings. The van der Waals surface area contributed by atoms with Gasteiger partial charge in [-0.1, -0.05) is 24.8 Å². The van der Waals surface area contributed by atoms with Gasteiger partial charge in [0.05, 0.1) is 10.7 Å². The van der Waals surface area contributed by atoms with E-state index >= 15 is 0 Å². The Bertz CT molecular complexity index is 785. The van der Waals surface area contributed by atoms with Gasteiger partial charge in [0.2, 0.25) is 0 Å². The zero-order chi connectivity index (χ0) is 17.4. The van der Waals surface area contributed by atoms with Crippen molar-refractivity contribution >= 4 is 23.4 Å². The molecule has 0 radical (unpaired) electrons. The molecule has 0 unspecified atom stereocenters. The number of carbonyl (C=O) groups is 1. The maximum absolute atomic E-state index is 11.7. The van der Waals surface area contributed by atoms with Gasteiger partial charge in [-0.25, -0.2) is 9.78 Å². The van der Waals surface area contributed by atoms with E-state index in [0.29, 0.717) is 17.9 Å². The number of carbonyl (C=O) groups excluding carboxylic acids is 1. The summed E-state index contributed by atoms with van der Waals surface area (Å²) in [4.78, 5) is 16.0. The van der Waals surface area contributed by atoms with E-state index in [1.165, 1.54) is 12.2 Å². The van der Waals surface area contributed by atoms with Crippen molar-refractivity contribution in [3.8, 4) is 11.8 Å². The van der Waals surface area contributed by atoms with Crippen molar-refractivity contribution in [1.29, 1.82) is 5.26 Å². The molecule has 0 spiro atoms. The number of nitriles is 1. The number of esters is 1. The molecule has 0 amide bonds. The number of hydrogen-bond donors (Lipinski definition) is 0. The monoisotopic (exact) mass is 340 g/mol. The minimum Gasteiger partial charge on any atom is -0.487 e. The van der Waals surface area contributed by atoms with Crippen molar-refractivity contribution in [2.75, 3.05) is 6.61 Å². The Morgan fingerprint density at radius 3 is 2.75 bits per heavy atom. The Balaban J connectivity index is 1.99. The van der Waals surface area contributed by atoms with Gasteiger partial charge in [0.25, 0.3) is 0 Å². The number of aryl methyl sites for hydroxylation is 1. The highest BCUT2D eigenvalue weighted by Gasteiger charge is 2.09. The minimum atomic E-state index is -0.670. The van der Waals surface area contributed by atoms with Gasteiger partial charge in [-0.05, 0) is 30.7 Å². The van der Waals surface area contributed by atoms with E-state index in [1.807, 2.05) is 18.4 Å². The first-order valence-electron chi connectivity index (χ1n) is 7.16. The number of ether oxygens (including phenoxy) is 2. The fraction of sp³-hybridized carbons (Fsp3) is 0.167. The van der Waals surface area contributed by atoms with Crippen LogP contribution < -0.4 is 4.74 Å². The Morgan fingerprint density at radius 1 is 1.42 bits per heavy atom. The third-order valence-electron chi connectivity index (χ3n) is 2.92. The lowest BCUT2D eigenvalue weighted by molar-refractivity contribution is -0.137. The van der Waals surface area contributed by atoms with Crippen LogP contribution in [0, 0.1) is 18.3 Å². The Labute approximate surface area is 144 Å². The van der Waals surface area contributed by atoms with Crippen LogP contribution in [0.1, 0.15) is 16.3 Å². The van der Waals surface area contributed by atoms with Crippen molar-refractivity contribution < 1.29 is 14.3 Å². The molecule has 0 saturated heterocycles. The fourth-order valence-corrected chi connectivity index (χ4v) is 2.41. The highest BCUT2D eigenvalue weighted by atomic mass is 32.1. The van der Waals surface area contributed by atoms with Crippen molar-refractivity contribution in [3.05, 3.63) is 64.1 Å². The third-order valence-corrected chi connectivity index (χ3v) is 3.74. The van der Waals surface area contributed by atoms with Crippen molar-refractivity contribution in [1.82, 2.24) is 4.98 Å². The molecule has 0 aliphatic heterocycles. The van der Waals surface area contributed by atoms with Gasteiger partial charge in [0.15, 0.2) is 0 Å². The molecule has 122 valence electrons. The molecule has 0 saturated carbocycles. The summed E-state index contributed by atoms with van der Waals surface area (Å²) in [6.45, 7) is 5.87. The molecule has 2 rings (SSSR count). The van der Waals surface area contributed by atoms with Crippen LogP contribution in [0.3, 0.4) is 0 Å². The zero-order valence-corrected chi connectivity index (χ0v) is 14.0. The predicted octanol–water partition coefficient (Wildman–Crippen LogP) is 3.67. The highest BCUT2D eigenvalue weighted by molar-refractivity contribution is 7.09. The highest BCUT2D eigenvalue weighted by Crippen LogP contribution is 2.17. The summed E-state index contributed by atoms with van der Waals surface area (Å²) in [5.41, 5.74) is 1.53. The molecule has 1 aromatic heterocycles. The third kappa shape index (κ3) is 5.07. The Morgan fingerprint density at radius 2 is 2.17 bits per heavy atom. The molecular weight excluding hydrogens is 324 g/mol. The van der Waals surface area contributed by atoms with Gasteiger partial charge in [-0.2, -0.15) is 5.26 Å². The second-order valence-corrected chi connectivity index (χ2v) is 5.83. The second kappa shape index (κ2) is 8.65. The van der Waals surface area contributed by atoms with E-state index in [9.17, 15) is 4.79 Å². The maximum Gasteiger partial charge on any atom is 0.349 e. The first-order chi connectivity index (χ1) is 11.6. The van der Waals surface area contributed by atoms with Crippen LogP contribution in [0.5, 0.6) is 5.75 Å². The number of hydrogen-bond acceptors (Lipinski definition) is 6. The van der Waals surface area contributed by atoms with Crippen molar-refractivity contribution in [3.63, 3.8) is 0 Å². The molecular formula is C18H16N2O3S. The maximum atomic E-state index is 11.7. The second-order valence-electron chi connectivity index (χ2n) is 4.77. The number of rotatable bonds is 7. The van der Waals surface area contributed by atoms with E-state index < -0.39 is 5.97 Å². The van der Waals surface area contributed by atoms with Crippen molar-refractivity contribution in [2.24, 2.45) is 0 Å². The summed E-state index contributed by atoms with van der Waals surface area (Å²) in [6.07, 6.45) is 2.92. The van der Waals surface area contributed by atoms with Gasteiger partial charge >= 0.3 is 5.97 Å². The molecule has 24 heavy (non-hydrogen) atoms. The lowest BCUT2D eigenvalue weighted by Crippen LogP contribution is -2.06. The van der Waals surface area contributed by atoms with Gasteiger partial charge in [0, 0.05) is 5.38 Å². The Kier molecular flexibility index (Phi) is 6.29. The van der Waals surface area contributed by atoms with Gasteiger partial charge in [0.1, 0.15) is 30.6 Å². The van der Waals surface area contributed by atoms with E-state index in [-0.39, 0.29) is 12.2 Å². The molecule has 2 aromatic rings. The number of benzene rings is 1. The predicted molar refractivity (Wildman–Crippen MR) is 92.4 cm³/mol. The lowest BCUT2D eigenvalue weighted by Gasteiger charge is -2.05. The topological polar surface area (TPSA) is 72.2 Å². The van der Waals surface area contributed by atoms with Crippen LogP contribution in [-0.2, 0) is 16.1 Å². The average molecular weight is 340 g/mol. The van der Waals surface area contributed by atoms with Crippen LogP contribution in [0.2, 0.25) is 0 Å². The molecule has 1 aromatic carbocycles. The number of thiazole rings is 1. The molecule has 0 aliphatic rings. The van der Waals surface area contributed by atoms with Crippen LogP contribution >= 0.6 is 11.3 Å². The smallest absolute Gasteiger partial charge is 0.349 e.